The second-order valence-electron chi connectivity index (χ2n) is 6.46. The van der Waals surface area contributed by atoms with Gasteiger partial charge < -0.3 is 0 Å². The highest BCUT2D eigenvalue weighted by Gasteiger charge is 2.13. The first-order chi connectivity index (χ1) is 11.7. The molecule has 5 aromatic rings. The Bertz CT molecular complexity index is 1270. The van der Waals surface area contributed by atoms with Gasteiger partial charge in [-0.2, -0.15) is 0 Å². The van der Waals surface area contributed by atoms with Crippen molar-refractivity contribution in [3.8, 4) is 0 Å². The second-order valence-corrected chi connectivity index (χ2v) is 6.46. The Morgan fingerprint density at radius 2 is 1.38 bits per heavy atom. The third-order valence-electron chi connectivity index (χ3n) is 4.80. The van der Waals surface area contributed by atoms with Crippen LogP contribution in [0.3, 0.4) is 0 Å². The molecule has 1 aromatic heterocycles. The first-order valence-corrected chi connectivity index (χ1v) is 8.20. The van der Waals surface area contributed by atoms with Crippen LogP contribution in [0.1, 0.15) is 11.1 Å². The van der Waals surface area contributed by atoms with Gasteiger partial charge >= 0.3 is 0 Å². The molecular formula is C22H16N2. The molecule has 2 nitrogen and oxygen atoms in total. The van der Waals surface area contributed by atoms with E-state index >= 15 is 0 Å². The predicted molar refractivity (Wildman–Crippen MR) is 102 cm³/mol. The van der Waals surface area contributed by atoms with Crippen LogP contribution in [0.2, 0.25) is 0 Å². The van der Waals surface area contributed by atoms with Gasteiger partial charge in [0.15, 0.2) is 0 Å². The molecule has 5 rings (SSSR count). The molecule has 0 aliphatic carbocycles. The molecule has 0 aliphatic rings. The lowest BCUT2D eigenvalue weighted by Gasteiger charge is -2.12. The Morgan fingerprint density at radius 3 is 2.25 bits per heavy atom. The number of aromatic nitrogens is 2. The molecule has 4 aromatic carbocycles. The van der Waals surface area contributed by atoms with Gasteiger partial charge in [0.2, 0.25) is 0 Å². The van der Waals surface area contributed by atoms with Crippen LogP contribution < -0.4 is 0 Å². The summed E-state index contributed by atoms with van der Waals surface area (Å²) in [5.41, 5.74) is 6.35. The van der Waals surface area contributed by atoms with E-state index in [-0.39, 0.29) is 0 Å². The molecule has 0 bridgehead atoms. The van der Waals surface area contributed by atoms with E-state index in [0.717, 1.165) is 22.1 Å². The van der Waals surface area contributed by atoms with Gasteiger partial charge in [-0.1, -0.05) is 48.5 Å². The standard InChI is InChI=1S/C22H16N2/c1-13-10-11-18-19(12-13)24-21-17-8-4-3-7-15(17)16-9-5-6-14(2)20(16)22(21)23-18/h3-12H,1-2H3. The van der Waals surface area contributed by atoms with Gasteiger partial charge in [0.1, 0.15) is 0 Å². The van der Waals surface area contributed by atoms with Crippen LogP contribution in [0.15, 0.2) is 60.7 Å². The van der Waals surface area contributed by atoms with E-state index in [9.17, 15) is 0 Å². The quantitative estimate of drug-likeness (QED) is 0.270. The predicted octanol–water partition coefficient (Wildman–Crippen LogP) is 5.71. The Hall–Kier alpha value is -3.00. The van der Waals surface area contributed by atoms with E-state index < -0.39 is 0 Å². The summed E-state index contributed by atoms with van der Waals surface area (Å²) in [5, 5.41) is 4.87. The highest BCUT2D eigenvalue weighted by molar-refractivity contribution is 6.24. The van der Waals surface area contributed by atoms with Gasteiger partial charge in [-0.25, -0.2) is 9.97 Å². The zero-order valence-corrected chi connectivity index (χ0v) is 13.7. The SMILES string of the molecule is Cc1ccc2nc3c(nc2c1)c1ccccc1c1cccc(C)c13. The van der Waals surface area contributed by atoms with Crippen molar-refractivity contribution in [1.82, 2.24) is 9.97 Å². The Kier molecular flexibility index (Phi) is 2.66. The topological polar surface area (TPSA) is 25.8 Å². The van der Waals surface area contributed by atoms with Crippen molar-refractivity contribution < 1.29 is 0 Å². The van der Waals surface area contributed by atoms with Crippen LogP contribution in [0, 0.1) is 13.8 Å². The van der Waals surface area contributed by atoms with Crippen LogP contribution in [0.5, 0.6) is 0 Å². The van der Waals surface area contributed by atoms with E-state index in [2.05, 4.69) is 74.5 Å². The average molecular weight is 308 g/mol. The van der Waals surface area contributed by atoms with Crippen molar-refractivity contribution in [1.29, 1.82) is 0 Å². The first kappa shape index (κ1) is 13.4. The third kappa shape index (κ3) is 1.77. The summed E-state index contributed by atoms with van der Waals surface area (Å²) in [6, 6.07) is 21.2. The van der Waals surface area contributed by atoms with Crippen molar-refractivity contribution in [2.75, 3.05) is 0 Å². The molecule has 0 aliphatic heterocycles. The number of fused-ring (bicyclic) bond motifs is 7. The van der Waals surface area contributed by atoms with Gasteiger partial charge in [0, 0.05) is 10.8 Å². The number of hydrogen-bond acceptors (Lipinski definition) is 2. The molecule has 0 fully saturated rings. The van der Waals surface area contributed by atoms with Crippen LogP contribution in [0.4, 0.5) is 0 Å². The maximum Gasteiger partial charge on any atom is 0.0982 e. The van der Waals surface area contributed by atoms with Gasteiger partial charge in [0.25, 0.3) is 0 Å². The molecule has 0 saturated heterocycles. The molecule has 0 spiro atoms. The lowest BCUT2D eigenvalue weighted by molar-refractivity contribution is 1.38. The van der Waals surface area contributed by atoms with Crippen molar-refractivity contribution in [3.05, 3.63) is 71.8 Å². The fourth-order valence-corrected chi connectivity index (χ4v) is 3.66. The molecule has 0 N–H and O–H groups in total. The molecule has 1 heterocycles. The van der Waals surface area contributed by atoms with E-state index in [0.29, 0.717) is 0 Å². The number of hydrogen-bond donors (Lipinski definition) is 0. The number of benzene rings is 4. The molecule has 0 atom stereocenters. The lowest BCUT2D eigenvalue weighted by Crippen LogP contribution is -1.93. The fraction of sp³-hybridized carbons (Fsp3) is 0.0909. The summed E-state index contributed by atoms with van der Waals surface area (Å²) in [7, 11) is 0. The molecule has 2 heteroatoms. The maximum atomic E-state index is 5.00. The number of rotatable bonds is 0. The summed E-state index contributed by atoms with van der Waals surface area (Å²) < 4.78 is 0. The molecule has 24 heavy (non-hydrogen) atoms. The minimum absolute atomic E-state index is 0.952. The Labute approximate surface area is 139 Å². The van der Waals surface area contributed by atoms with Crippen molar-refractivity contribution in [3.63, 3.8) is 0 Å². The lowest BCUT2D eigenvalue weighted by atomic mass is 9.96. The van der Waals surface area contributed by atoms with Gasteiger partial charge in [-0.15, -0.1) is 0 Å². The van der Waals surface area contributed by atoms with E-state index in [1.54, 1.807) is 0 Å². The molecular weight excluding hydrogens is 292 g/mol. The van der Waals surface area contributed by atoms with Gasteiger partial charge in [-0.3, -0.25) is 0 Å². The Morgan fingerprint density at radius 1 is 0.625 bits per heavy atom. The molecule has 0 radical (unpaired) electrons. The van der Waals surface area contributed by atoms with E-state index in [1.807, 2.05) is 0 Å². The second kappa shape index (κ2) is 4.75. The van der Waals surface area contributed by atoms with Crippen molar-refractivity contribution in [2.45, 2.75) is 13.8 Å². The van der Waals surface area contributed by atoms with E-state index in [1.165, 1.54) is 32.7 Å². The Balaban J connectivity index is 2.16. The van der Waals surface area contributed by atoms with Crippen LogP contribution in [0.25, 0.3) is 43.6 Å². The van der Waals surface area contributed by atoms with Crippen LogP contribution >= 0.6 is 0 Å². The minimum atomic E-state index is 0.952. The zero-order valence-electron chi connectivity index (χ0n) is 13.7. The first-order valence-electron chi connectivity index (χ1n) is 8.20. The highest BCUT2D eigenvalue weighted by Crippen LogP contribution is 2.35. The molecule has 0 unspecified atom stereocenters. The van der Waals surface area contributed by atoms with Crippen molar-refractivity contribution in [2.24, 2.45) is 0 Å². The summed E-state index contributed by atoms with van der Waals surface area (Å²) in [4.78, 5) is 9.99. The number of nitrogens with zero attached hydrogens (tertiary/aromatic N) is 2. The van der Waals surface area contributed by atoms with Crippen LogP contribution in [-0.2, 0) is 0 Å². The zero-order chi connectivity index (χ0) is 16.3. The van der Waals surface area contributed by atoms with Crippen LogP contribution in [-0.4, -0.2) is 9.97 Å². The van der Waals surface area contributed by atoms with E-state index in [4.69, 9.17) is 9.97 Å². The third-order valence-corrected chi connectivity index (χ3v) is 4.80. The molecule has 114 valence electrons. The van der Waals surface area contributed by atoms with Crippen molar-refractivity contribution >= 4 is 43.6 Å². The summed E-state index contributed by atoms with van der Waals surface area (Å²) in [6.07, 6.45) is 0. The van der Waals surface area contributed by atoms with Gasteiger partial charge in [0.05, 0.1) is 22.1 Å². The molecule has 0 saturated carbocycles. The smallest absolute Gasteiger partial charge is 0.0982 e. The largest absolute Gasteiger partial charge is 0.244 e. The average Bonchev–Trinajstić information content (AvgIpc) is 2.60. The maximum absolute atomic E-state index is 5.00. The summed E-state index contributed by atoms with van der Waals surface area (Å²) in [5.74, 6) is 0. The molecule has 0 amide bonds. The monoisotopic (exact) mass is 308 g/mol. The highest BCUT2D eigenvalue weighted by atomic mass is 14.8. The summed E-state index contributed by atoms with van der Waals surface area (Å²) in [6.45, 7) is 4.24. The number of aryl methyl sites for hydroxylation is 2. The fourth-order valence-electron chi connectivity index (χ4n) is 3.66. The summed E-state index contributed by atoms with van der Waals surface area (Å²) >= 11 is 0. The van der Waals surface area contributed by atoms with Gasteiger partial charge in [-0.05, 0) is 47.9 Å². The minimum Gasteiger partial charge on any atom is -0.244 e. The normalized spacial score (nSPS) is 11.8.